The lowest BCUT2D eigenvalue weighted by Crippen LogP contribution is -2.08. The number of aliphatic carboxylic acids is 1. The monoisotopic (exact) mass is 194 g/mol. The summed E-state index contributed by atoms with van der Waals surface area (Å²) in [6.45, 7) is 0. The number of fused-ring (bicyclic) bond motifs is 1. The fourth-order valence-corrected chi connectivity index (χ4v) is 1.74. The van der Waals surface area contributed by atoms with Crippen molar-refractivity contribution in [2.75, 3.05) is 0 Å². The minimum atomic E-state index is -1.08. The maximum Gasteiger partial charge on any atom is 0.311 e. The number of rotatable bonds is 1. The van der Waals surface area contributed by atoms with Gasteiger partial charge in [-0.1, -0.05) is 12.1 Å². The van der Waals surface area contributed by atoms with Crippen molar-refractivity contribution >= 4 is 11.8 Å². The molecule has 0 saturated heterocycles. The molecule has 72 valence electrons. The molecule has 0 saturated carbocycles. The minimum absolute atomic E-state index is 0.0556. The van der Waals surface area contributed by atoms with E-state index in [1.54, 1.807) is 0 Å². The number of carboxylic acids is 1. The molecule has 1 aliphatic rings. The second-order valence-corrected chi connectivity index (χ2v) is 3.22. The average Bonchev–Trinajstić information content (AvgIpc) is 2.45. The van der Waals surface area contributed by atoms with Gasteiger partial charge in [0.25, 0.3) is 0 Å². The van der Waals surface area contributed by atoms with E-state index in [0.29, 0.717) is 5.56 Å². The fraction of sp³-hybridized carbons (Fsp3) is 0.200. The summed E-state index contributed by atoms with van der Waals surface area (Å²) >= 11 is 0. The Morgan fingerprint density at radius 1 is 1.50 bits per heavy atom. The third-order valence-electron chi connectivity index (χ3n) is 2.39. The van der Waals surface area contributed by atoms with Crippen LogP contribution in [0.3, 0.4) is 0 Å². The smallest absolute Gasteiger partial charge is 0.311 e. The lowest BCUT2D eigenvalue weighted by atomic mass is 10.0. The van der Waals surface area contributed by atoms with Crippen LogP contribution in [0.25, 0.3) is 0 Å². The molecule has 0 aliphatic heterocycles. The van der Waals surface area contributed by atoms with Gasteiger partial charge < -0.3 is 5.11 Å². The van der Waals surface area contributed by atoms with E-state index in [9.17, 15) is 14.0 Å². The fourth-order valence-electron chi connectivity index (χ4n) is 1.74. The SMILES string of the molecule is O=C1C[C@H](C(=O)O)c2cccc(F)c21. The molecule has 0 spiro atoms. The van der Waals surface area contributed by atoms with Gasteiger partial charge in [0.2, 0.25) is 0 Å². The highest BCUT2D eigenvalue weighted by molar-refractivity contribution is 6.05. The van der Waals surface area contributed by atoms with E-state index in [1.807, 2.05) is 0 Å². The first-order chi connectivity index (χ1) is 6.61. The first-order valence-electron chi connectivity index (χ1n) is 4.15. The summed E-state index contributed by atoms with van der Waals surface area (Å²) in [6.07, 6.45) is -0.133. The molecule has 1 aromatic rings. The number of hydrogen-bond acceptors (Lipinski definition) is 2. The number of Topliss-reactive ketones (excluding diaryl/α,β-unsaturated/α-hetero) is 1. The van der Waals surface area contributed by atoms with E-state index in [2.05, 4.69) is 0 Å². The molecule has 0 unspecified atom stereocenters. The standard InChI is InChI=1S/C10H7FO3/c11-7-3-1-2-5-6(10(13)14)4-8(12)9(5)7/h1-3,6H,4H2,(H,13,14)/t6-/m0/s1. The van der Waals surface area contributed by atoms with Gasteiger partial charge >= 0.3 is 5.97 Å². The van der Waals surface area contributed by atoms with E-state index in [4.69, 9.17) is 5.11 Å². The molecule has 1 aliphatic carbocycles. The summed E-state index contributed by atoms with van der Waals surface area (Å²) in [5, 5.41) is 8.79. The maximum absolute atomic E-state index is 13.2. The molecule has 0 radical (unpaired) electrons. The van der Waals surface area contributed by atoms with Gasteiger partial charge in [-0.2, -0.15) is 0 Å². The van der Waals surface area contributed by atoms with Crippen LogP contribution < -0.4 is 0 Å². The minimum Gasteiger partial charge on any atom is -0.481 e. The van der Waals surface area contributed by atoms with Gasteiger partial charge in [0, 0.05) is 6.42 Å². The predicted octanol–water partition coefficient (Wildman–Crippen LogP) is 1.58. The summed E-state index contributed by atoms with van der Waals surface area (Å²) in [6, 6.07) is 4.08. The number of benzene rings is 1. The number of carbonyl (C=O) groups is 2. The quantitative estimate of drug-likeness (QED) is 0.738. The van der Waals surface area contributed by atoms with Gasteiger partial charge in [0.05, 0.1) is 11.5 Å². The number of carbonyl (C=O) groups excluding carboxylic acids is 1. The van der Waals surface area contributed by atoms with Crippen molar-refractivity contribution in [3.8, 4) is 0 Å². The Labute approximate surface area is 79.2 Å². The van der Waals surface area contributed by atoms with Gasteiger partial charge in [-0.05, 0) is 11.6 Å². The van der Waals surface area contributed by atoms with Crippen molar-refractivity contribution in [2.45, 2.75) is 12.3 Å². The van der Waals surface area contributed by atoms with Crippen LogP contribution in [0.4, 0.5) is 4.39 Å². The molecule has 0 fully saturated rings. The zero-order valence-corrected chi connectivity index (χ0v) is 7.16. The zero-order chi connectivity index (χ0) is 10.3. The zero-order valence-electron chi connectivity index (χ0n) is 7.16. The summed E-state index contributed by atoms with van der Waals surface area (Å²) < 4.78 is 13.2. The van der Waals surface area contributed by atoms with Crippen LogP contribution in [0.5, 0.6) is 0 Å². The molecule has 0 bridgehead atoms. The van der Waals surface area contributed by atoms with Crippen molar-refractivity contribution in [2.24, 2.45) is 0 Å². The summed E-state index contributed by atoms with van der Waals surface area (Å²) in [7, 11) is 0. The van der Waals surface area contributed by atoms with Crippen LogP contribution in [-0.2, 0) is 4.79 Å². The third kappa shape index (κ3) is 1.11. The lowest BCUT2D eigenvalue weighted by Gasteiger charge is -2.03. The molecular formula is C10H7FO3. The summed E-state index contributed by atoms with van der Waals surface area (Å²) in [5.41, 5.74) is 0.238. The number of hydrogen-bond donors (Lipinski definition) is 1. The van der Waals surface area contributed by atoms with Crippen LogP contribution in [0.2, 0.25) is 0 Å². The largest absolute Gasteiger partial charge is 0.481 e. The van der Waals surface area contributed by atoms with Crippen LogP contribution in [-0.4, -0.2) is 16.9 Å². The van der Waals surface area contributed by atoms with E-state index in [-0.39, 0.29) is 12.0 Å². The highest BCUT2D eigenvalue weighted by Crippen LogP contribution is 2.34. The lowest BCUT2D eigenvalue weighted by molar-refractivity contribution is -0.138. The predicted molar refractivity (Wildman–Crippen MR) is 45.7 cm³/mol. The van der Waals surface area contributed by atoms with Crippen LogP contribution >= 0.6 is 0 Å². The molecule has 14 heavy (non-hydrogen) atoms. The number of carboxylic acid groups (broad SMARTS) is 1. The molecule has 1 N–H and O–H groups in total. The van der Waals surface area contributed by atoms with Crippen molar-refractivity contribution in [1.82, 2.24) is 0 Å². The summed E-state index contributed by atoms with van der Waals surface area (Å²) in [5.74, 6) is -3.02. The topological polar surface area (TPSA) is 54.4 Å². The van der Waals surface area contributed by atoms with Crippen LogP contribution in [0, 0.1) is 5.82 Å². The number of ketones is 1. The van der Waals surface area contributed by atoms with Crippen LogP contribution in [0.1, 0.15) is 28.3 Å². The second-order valence-electron chi connectivity index (χ2n) is 3.22. The van der Waals surface area contributed by atoms with Gasteiger partial charge in [0.15, 0.2) is 5.78 Å². The molecule has 1 aromatic carbocycles. The molecule has 3 nitrogen and oxygen atoms in total. The van der Waals surface area contributed by atoms with E-state index >= 15 is 0 Å². The Bertz CT molecular complexity index is 425. The normalized spacial score (nSPS) is 19.5. The average molecular weight is 194 g/mol. The van der Waals surface area contributed by atoms with Gasteiger partial charge in [-0.25, -0.2) is 4.39 Å². The van der Waals surface area contributed by atoms with Crippen molar-refractivity contribution in [3.63, 3.8) is 0 Å². The van der Waals surface area contributed by atoms with Crippen molar-refractivity contribution in [3.05, 3.63) is 35.1 Å². The molecule has 0 heterocycles. The van der Waals surface area contributed by atoms with Crippen molar-refractivity contribution in [1.29, 1.82) is 0 Å². The summed E-state index contributed by atoms with van der Waals surface area (Å²) in [4.78, 5) is 22.0. The molecule has 1 atom stereocenters. The Balaban J connectivity index is 2.60. The van der Waals surface area contributed by atoms with Crippen LogP contribution in [0.15, 0.2) is 18.2 Å². The van der Waals surface area contributed by atoms with E-state index in [0.717, 1.165) is 0 Å². The van der Waals surface area contributed by atoms with Gasteiger partial charge in [0.1, 0.15) is 5.82 Å². The Hall–Kier alpha value is -1.71. The first kappa shape index (κ1) is 8.87. The Morgan fingerprint density at radius 2 is 2.21 bits per heavy atom. The van der Waals surface area contributed by atoms with Gasteiger partial charge in [-0.15, -0.1) is 0 Å². The van der Waals surface area contributed by atoms with Crippen molar-refractivity contribution < 1.29 is 19.1 Å². The third-order valence-corrected chi connectivity index (χ3v) is 2.39. The number of halogens is 1. The Morgan fingerprint density at radius 3 is 2.86 bits per heavy atom. The van der Waals surface area contributed by atoms with E-state index < -0.39 is 23.5 Å². The maximum atomic E-state index is 13.2. The molecular weight excluding hydrogens is 187 g/mol. The van der Waals surface area contributed by atoms with Gasteiger partial charge in [-0.3, -0.25) is 9.59 Å². The highest BCUT2D eigenvalue weighted by atomic mass is 19.1. The molecule has 2 rings (SSSR count). The first-order valence-corrected chi connectivity index (χ1v) is 4.15. The second kappa shape index (κ2) is 2.90. The van der Waals surface area contributed by atoms with E-state index in [1.165, 1.54) is 18.2 Å². The molecule has 0 amide bonds. The molecule has 4 heteroatoms. The Kier molecular flexibility index (Phi) is 1.84. The molecule has 0 aromatic heterocycles. The highest BCUT2D eigenvalue weighted by Gasteiger charge is 2.35.